The van der Waals surface area contributed by atoms with Crippen molar-refractivity contribution in [2.45, 2.75) is 26.4 Å². The smallest absolute Gasteiger partial charge is 0.338 e. The Hall–Kier alpha value is -1.14. The van der Waals surface area contributed by atoms with Crippen molar-refractivity contribution in [2.24, 2.45) is 5.92 Å². The molecule has 0 heterocycles. The lowest BCUT2D eigenvalue weighted by molar-refractivity contribution is -0.162. The van der Waals surface area contributed by atoms with Crippen molar-refractivity contribution < 1.29 is 19.4 Å². The van der Waals surface area contributed by atoms with Crippen molar-refractivity contribution in [2.75, 3.05) is 33.8 Å². The summed E-state index contributed by atoms with van der Waals surface area (Å²) in [5, 5.41) is 12.6. The van der Waals surface area contributed by atoms with E-state index in [0.29, 0.717) is 12.5 Å². The van der Waals surface area contributed by atoms with Crippen molar-refractivity contribution in [3.05, 3.63) is 0 Å². The van der Waals surface area contributed by atoms with Gasteiger partial charge in [0.15, 0.2) is 5.60 Å². The molecule has 1 atom stereocenters. The van der Waals surface area contributed by atoms with E-state index in [1.54, 1.807) is 11.9 Å². The summed E-state index contributed by atoms with van der Waals surface area (Å²) in [5.41, 5.74) is -1.61. The highest BCUT2D eigenvalue weighted by Crippen LogP contribution is 2.07. The standard InChI is InChI=1S/C12H24N2O4/c1-9(2)6-13-10(15)7-14(4)8-12(3,17)11(16)18-5/h9,17H,6-8H2,1-5H3,(H,13,15). The van der Waals surface area contributed by atoms with E-state index in [4.69, 9.17) is 0 Å². The van der Waals surface area contributed by atoms with E-state index in [0.717, 1.165) is 0 Å². The summed E-state index contributed by atoms with van der Waals surface area (Å²) in [6.07, 6.45) is 0. The number of methoxy groups -OCH3 is 1. The fraction of sp³-hybridized carbons (Fsp3) is 0.833. The molecule has 0 aliphatic heterocycles. The van der Waals surface area contributed by atoms with Gasteiger partial charge in [-0.1, -0.05) is 13.8 Å². The first-order chi connectivity index (χ1) is 8.19. The molecule has 1 unspecified atom stereocenters. The van der Waals surface area contributed by atoms with Crippen LogP contribution < -0.4 is 5.32 Å². The second kappa shape index (κ2) is 7.33. The second-order valence-electron chi connectivity index (χ2n) is 5.14. The third kappa shape index (κ3) is 6.56. The van der Waals surface area contributed by atoms with Gasteiger partial charge in [-0.2, -0.15) is 0 Å². The number of rotatable bonds is 7. The van der Waals surface area contributed by atoms with E-state index >= 15 is 0 Å². The molecule has 6 nitrogen and oxygen atoms in total. The normalized spacial score (nSPS) is 14.4. The van der Waals surface area contributed by atoms with Crippen LogP contribution in [0.3, 0.4) is 0 Å². The third-order valence-electron chi connectivity index (χ3n) is 2.32. The zero-order chi connectivity index (χ0) is 14.3. The van der Waals surface area contributed by atoms with Gasteiger partial charge in [0.1, 0.15) is 0 Å². The largest absolute Gasteiger partial charge is 0.467 e. The first kappa shape index (κ1) is 16.9. The van der Waals surface area contributed by atoms with Crippen molar-refractivity contribution in [3.63, 3.8) is 0 Å². The molecule has 0 aliphatic carbocycles. The van der Waals surface area contributed by atoms with Gasteiger partial charge in [0.2, 0.25) is 5.91 Å². The number of hydrogen-bond donors (Lipinski definition) is 2. The number of ether oxygens (including phenoxy) is 1. The Morgan fingerprint density at radius 1 is 1.44 bits per heavy atom. The molecule has 0 rings (SSSR count). The Bertz CT molecular complexity index is 290. The Labute approximate surface area is 108 Å². The number of amides is 1. The fourth-order valence-electron chi connectivity index (χ4n) is 1.48. The second-order valence-corrected chi connectivity index (χ2v) is 5.14. The molecule has 0 spiro atoms. The zero-order valence-electron chi connectivity index (χ0n) is 11.8. The van der Waals surface area contributed by atoms with Crippen LogP contribution in [0, 0.1) is 5.92 Å². The van der Waals surface area contributed by atoms with E-state index in [2.05, 4.69) is 10.1 Å². The SMILES string of the molecule is COC(=O)C(C)(O)CN(C)CC(=O)NCC(C)C. The van der Waals surface area contributed by atoms with E-state index in [1.807, 2.05) is 13.8 Å². The molecule has 0 fully saturated rings. The first-order valence-electron chi connectivity index (χ1n) is 5.95. The van der Waals surface area contributed by atoms with Gasteiger partial charge in [-0.3, -0.25) is 9.69 Å². The first-order valence-corrected chi connectivity index (χ1v) is 5.95. The Morgan fingerprint density at radius 2 is 2.00 bits per heavy atom. The summed E-state index contributed by atoms with van der Waals surface area (Å²) in [7, 11) is 2.87. The van der Waals surface area contributed by atoms with Crippen LogP contribution >= 0.6 is 0 Å². The van der Waals surface area contributed by atoms with E-state index in [1.165, 1.54) is 14.0 Å². The molecular weight excluding hydrogens is 236 g/mol. The quantitative estimate of drug-likeness (QED) is 0.610. The minimum atomic E-state index is -1.61. The van der Waals surface area contributed by atoms with Crippen molar-refractivity contribution >= 4 is 11.9 Å². The van der Waals surface area contributed by atoms with Crippen LogP contribution in [0.4, 0.5) is 0 Å². The highest BCUT2D eigenvalue weighted by Gasteiger charge is 2.33. The maximum atomic E-state index is 11.5. The van der Waals surface area contributed by atoms with Crippen LogP contribution in [0.2, 0.25) is 0 Å². The highest BCUT2D eigenvalue weighted by atomic mass is 16.5. The molecule has 0 aromatic rings. The third-order valence-corrected chi connectivity index (χ3v) is 2.32. The lowest BCUT2D eigenvalue weighted by Gasteiger charge is -2.26. The predicted molar refractivity (Wildman–Crippen MR) is 68.0 cm³/mol. The number of esters is 1. The molecule has 6 heteroatoms. The van der Waals surface area contributed by atoms with Gasteiger partial charge in [-0.15, -0.1) is 0 Å². The Morgan fingerprint density at radius 3 is 2.44 bits per heavy atom. The van der Waals surface area contributed by atoms with E-state index in [9.17, 15) is 14.7 Å². The van der Waals surface area contributed by atoms with Crippen LogP contribution in [0.1, 0.15) is 20.8 Å². The van der Waals surface area contributed by atoms with Crippen molar-refractivity contribution in [1.82, 2.24) is 10.2 Å². The lowest BCUT2D eigenvalue weighted by atomic mass is 10.1. The molecule has 0 aromatic heterocycles. The molecule has 106 valence electrons. The van der Waals surface area contributed by atoms with Gasteiger partial charge in [0, 0.05) is 13.1 Å². The van der Waals surface area contributed by atoms with Crippen molar-refractivity contribution in [3.8, 4) is 0 Å². The summed E-state index contributed by atoms with van der Waals surface area (Å²) in [6.45, 7) is 6.15. The molecule has 2 N–H and O–H groups in total. The average molecular weight is 260 g/mol. The maximum Gasteiger partial charge on any atom is 0.338 e. The fourth-order valence-corrected chi connectivity index (χ4v) is 1.48. The number of aliphatic hydroxyl groups is 1. The summed E-state index contributed by atoms with van der Waals surface area (Å²) < 4.78 is 4.48. The lowest BCUT2D eigenvalue weighted by Crippen LogP contribution is -2.48. The minimum absolute atomic E-state index is 0.0365. The van der Waals surface area contributed by atoms with Crippen LogP contribution in [-0.2, 0) is 14.3 Å². The van der Waals surface area contributed by atoms with Gasteiger partial charge in [0.05, 0.1) is 13.7 Å². The van der Waals surface area contributed by atoms with Crippen LogP contribution in [0.25, 0.3) is 0 Å². The number of hydrogen-bond acceptors (Lipinski definition) is 5. The topological polar surface area (TPSA) is 78.9 Å². The number of carbonyl (C=O) groups excluding carboxylic acids is 2. The number of nitrogens with zero attached hydrogens (tertiary/aromatic N) is 1. The monoisotopic (exact) mass is 260 g/mol. The average Bonchev–Trinajstić information content (AvgIpc) is 2.24. The van der Waals surface area contributed by atoms with Crippen LogP contribution in [0.15, 0.2) is 0 Å². The molecule has 0 radical (unpaired) electrons. The predicted octanol–water partition coefficient (Wildman–Crippen LogP) is -0.386. The number of carbonyl (C=O) groups is 2. The highest BCUT2D eigenvalue weighted by molar-refractivity contribution is 5.80. The van der Waals surface area contributed by atoms with Gasteiger partial charge in [-0.25, -0.2) is 4.79 Å². The van der Waals surface area contributed by atoms with Crippen LogP contribution in [0.5, 0.6) is 0 Å². The summed E-state index contributed by atoms with van der Waals surface area (Å²) >= 11 is 0. The molecule has 0 aromatic carbocycles. The molecule has 0 bridgehead atoms. The summed E-state index contributed by atoms with van der Waals surface area (Å²) in [6, 6.07) is 0. The molecule has 0 aliphatic rings. The number of nitrogens with one attached hydrogen (secondary N) is 1. The Balaban J connectivity index is 4.14. The number of likely N-dealkylation sites (N-methyl/N-ethyl adjacent to an activating group) is 1. The maximum absolute atomic E-state index is 11.5. The Kier molecular flexibility index (Phi) is 6.86. The minimum Gasteiger partial charge on any atom is -0.467 e. The molecule has 18 heavy (non-hydrogen) atoms. The van der Waals surface area contributed by atoms with Crippen LogP contribution in [-0.4, -0.2) is 61.3 Å². The summed E-state index contributed by atoms with van der Waals surface area (Å²) in [4.78, 5) is 24.4. The van der Waals surface area contributed by atoms with Gasteiger partial charge < -0.3 is 15.2 Å². The van der Waals surface area contributed by atoms with Crippen molar-refractivity contribution in [1.29, 1.82) is 0 Å². The van der Waals surface area contributed by atoms with Gasteiger partial charge in [0.25, 0.3) is 0 Å². The van der Waals surface area contributed by atoms with Gasteiger partial charge in [-0.05, 0) is 19.9 Å². The molecule has 0 saturated carbocycles. The summed E-state index contributed by atoms with van der Waals surface area (Å²) in [5.74, 6) is -0.457. The zero-order valence-corrected chi connectivity index (χ0v) is 11.8. The van der Waals surface area contributed by atoms with Gasteiger partial charge >= 0.3 is 5.97 Å². The van der Waals surface area contributed by atoms with E-state index in [-0.39, 0.29) is 19.0 Å². The molecule has 1 amide bonds. The molecule has 0 saturated heterocycles. The molecular formula is C12H24N2O4. The van der Waals surface area contributed by atoms with E-state index < -0.39 is 11.6 Å².